The zero-order valence-corrected chi connectivity index (χ0v) is 19.9. The number of nitrogens with one attached hydrogen (secondary N) is 2. The summed E-state index contributed by atoms with van der Waals surface area (Å²) >= 11 is 0. The van der Waals surface area contributed by atoms with Gasteiger partial charge in [-0.05, 0) is 72.1 Å². The van der Waals surface area contributed by atoms with Gasteiger partial charge in [-0.2, -0.15) is 0 Å². The van der Waals surface area contributed by atoms with Crippen molar-refractivity contribution in [3.05, 3.63) is 102 Å². The lowest BCUT2D eigenvalue weighted by Gasteiger charge is -2.13. The van der Waals surface area contributed by atoms with Crippen LogP contribution in [0.4, 0.5) is 5.69 Å². The number of benzene rings is 4. The van der Waals surface area contributed by atoms with E-state index in [1.54, 1.807) is 37.3 Å². The fourth-order valence-electron chi connectivity index (χ4n) is 3.64. The predicted molar refractivity (Wildman–Crippen MR) is 135 cm³/mol. The van der Waals surface area contributed by atoms with Crippen LogP contribution < -0.4 is 14.8 Å². The summed E-state index contributed by atoms with van der Waals surface area (Å²) in [7, 11) is -3.85. The number of sulfonamides is 1. The second-order valence-electron chi connectivity index (χ2n) is 8.07. The van der Waals surface area contributed by atoms with E-state index in [1.807, 2.05) is 55.5 Å². The minimum Gasteiger partial charge on any atom is -0.492 e. The highest BCUT2D eigenvalue weighted by atomic mass is 32.2. The molecule has 0 aliphatic rings. The van der Waals surface area contributed by atoms with Crippen LogP contribution >= 0.6 is 0 Å². The smallest absolute Gasteiger partial charge is 0.262 e. The van der Waals surface area contributed by atoms with Gasteiger partial charge in [-0.15, -0.1) is 0 Å². The lowest BCUT2D eigenvalue weighted by Crippen LogP contribution is -2.28. The molecule has 0 aromatic heterocycles. The zero-order valence-electron chi connectivity index (χ0n) is 19.0. The molecule has 4 aromatic rings. The Hall–Kier alpha value is -3.84. The number of ether oxygens (including phenoxy) is 1. The molecular weight excluding hydrogens is 448 g/mol. The number of fused-ring (bicyclic) bond motifs is 1. The maximum atomic E-state index is 13.0. The molecule has 7 heteroatoms. The Morgan fingerprint density at radius 2 is 1.65 bits per heavy atom. The molecule has 0 aliphatic carbocycles. The van der Waals surface area contributed by atoms with Gasteiger partial charge >= 0.3 is 0 Å². The summed E-state index contributed by atoms with van der Waals surface area (Å²) in [6, 6.07) is 25.6. The Kier molecular flexibility index (Phi) is 6.84. The van der Waals surface area contributed by atoms with Crippen molar-refractivity contribution in [3.8, 4) is 5.75 Å². The van der Waals surface area contributed by atoms with Crippen molar-refractivity contribution in [2.24, 2.45) is 0 Å². The van der Waals surface area contributed by atoms with E-state index in [1.165, 1.54) is 6.07 Å². The normalized spacial score (nSPS) is 11.2. The molecule has 0 spiro atoms. The summed E-state index contributed by atoms with van der Waals surface area (Å²) < 4.78 is 34.3. The van der Waals surface area contributed by atoms with Gasteiger partial charge in [-0.1, -0.05) is 48.5 Å². The minimum atomic E-state index is -3.85. The number of hydrogen-bond donors (Lipinski definition) is 2. The van der Waals surface area contributed by atoms with Crippen molar-refractivity contribution in [1.29, 1.82) is 0 Å². The monoisotopic (exact) mass is 474 g/mol. The molecule has 0 fully saturated rings. The van der Waals surface area contributed by atoms with Crippen LogP contribution in [0.1, 0.15) is 21.5 Å². The zero-order chi connectivity index (χ0) is 24.1. The first kappa shape index (κ1) is 23.3. The fourth-order valence-corrected chi connectivity index (χ4v) is 4.96. The van der Waals surface area contributed by atoms with Crippen molar-refractivity contribution in [2.45, 2.75) is 18.7 Å². The van der Waals surface area contributed by atoms with Crippen molar-refractivity contribution in [2.75, 3.05) is 17.9 Å². The molecule has 0 unspecified atom stereocenters. The number of amides is 1. The van der Waals surface area contributed by atoms with Gasteiger partial charge in [0.05, 0.1) is 11.4 Å². The van der Waals surface area contributed by atoms with Crippen molar-refractivity contribution in [1.82, 2.24) is 5.32 Å². The molecule has 0 bridgehead atoms. The Morgan fingerprint density at radius 1 is 0.853 bits per heavy atom. The summed E-state index contributed by atoms with van der Waals surface area (Å²) in [6.45, 7) is 4.15. The molecule has 0 aliphatic heterocycles. The first-order valence-corrected chi connectivity index (χ1v) is 12.4. The third-order valence-electron chi connectivity index (χ3n) is 5.39. The van der Waals surface area contributed by atoms with Crippen molar-refractivity contribution in [3.63, 3.8) is 0 Å². The Balaban J connectivity index is 1.38. The third-order valence-corrected chi connectivity index (χ3v) is 6.91. The summed E-state index contributed by atoms with van der Waals surface area (Å²) in [6.07, 6.45) is 0. The predicted octanol–water partition coefficient (Wildman–Crippen LogP) is 5.07. The number of rotatable bonds is 8. The van der Waals surface area contributed by atoms with Gasteiger partial charge in [0, 0.05) is 11.3 Å². The molecule has 0 radical (unpaired) electrons. The first-order valence-electron chi connectivity index (χ1n) is 10.9. The number of anilines is 1. The molecule has 4 rings (SSSR count). The summed E-state index contributed by atoms with van der Waals surface area (Å²) in [5.41, 5.74) is 2.23. The number of carbonyl (C=O) groups excluding carboxylic acids is 1. The van der Waals surface area contributed by atoms with E-state index in [-0.39, 0.29) is 29.5 Å². The summed E-state index contributed by atoms with van der Waals surface area (Å²) in [4.78, 5) is 12.7. The topological polar surface area (TPSA) is 84.5 Å². The van der Waals surface area contributed by atoms with E-state index in [2.05, 4.69) is 10.0 Å². The molecule has 174 valence electrons. The molecule has 6 nitrogen and oxygen atoms in total. The van der Waals surface area contributed by atoms with Crippen LogP contribution in [0.5, 0.6) is 5.75 Å². The van der Waals surface area contributed by atoms with Crippen LogP contribution in [0.15, 0.2) is 89.8 Å². The second kappa shape index (κ2) is 9.97. The lowest BCUT2D eigenvalue weighted by molar-refractivity contribution is 0.0947. The standard InChI is InChI=1S/C27H26N2O4S/c1-19-6-5-9-24(16-19)29-34(31,32)26-18-23(11-10-20(26)2)27(30)28-14-15-33-25-13-12-21-7-3-4-8-22(21)17-25/h3-13,16-18,29H,14-15H2,1-2H3,(H,28,30). The Labute approximate surface area is 199 Å². The average Bonchev–Trinajstić information content (AvgIpc) is 2.81. The average molecular weight is 475 g/mol. The number of aryl methyl sites for hydroxylation is 2. The molecule has 0 saturated carbocycles. The molecule has 2 N–H and O–H groups in total. The minimum absolute atomic E-state index is 0.0640. The maximum Gasteiger partial charge on any atom is 0.262 e. The molecule has 0 saturated heterocycles. The summed E-state index contributed by atoms with van der Waals surface area (Å²) in [5, 5.41) is 4.99. The SMILES string of the molecule is Cc1cccc(NS(=O)(=O)c2cc(C(=O)NCCOc3ccc4ccccc4c3)ccc2C)c1. The quantitative estimate of drug-likeness (QED) is 0.349. The van der Waals surface area contributed by atoms with E-state index in [0.29, 0.717) is 11.3 Å². The highest BCUT2D eigenvalue weighted by Gasteiger charge is 2.19. The van der Waals surface area contributed by atoms with Gasteiger partial charge in [-0.3, -0.25) is 9.52 Å². The van der Waals surface area contributed by atoms with Gasteiger partial charge in [0.25, 0.3) is 15.9 Å². The molecule has 4 aromatic carbocycles. The summed E-state index contributed by atoms with van der Waals surface area (Å²) in [5.74, 6) is 0.355. The van der Waals surface area contributed by atoms with Crippen LogP contribution in [-0.4, -0.2) is 27.5 Å². The Bertz CT molecular complexity index is 1450. The van der Waals surface area contributed by atoms with Gasteiger partial charge in [0.1, 0.15) is 12.4 Å². The largest absolute Gasteiger partial charge is 0.492 e. The number of carbonyl (C=O) groups is 1. The van der Waals surface area contributed by atoms with Crippen LogP contribution in [0.2, 0.25) is 0 Å². The third kappa shape index (κ3) is 5.55. The second-order valence-corrected chi connectivity index (χ2v) is 9.72. The van der Waals surface area contributed by atoms with E-state index in [4.69, 9.17) is 4.74 Å². The lowest BCUT2D eigenvalue weighted by atomic mass is 10.1. The van der Waals surface area contributed by atoms with E-state index in [0.717, 1.165) is 22.1 Å². The molecule has 34 heavy (non-hydrogen) atoms. The molecule has 1 amide bonds. The molecule has 0 atom stereocenters. The van der Waals surface area contributed by atoms with Crippen LogP contribution in [0.25, 0.3) is 10.8 Å². The maximum absolute atomic E-state index is 13.0. The van der Waals surface area contributed by atoms with E-state index >= 15 is 0 Å². The highest BCUT2D eigenvalue weighted by molar-refractivity contribution is 7.92. The van der Waals surface area contributed by atoms with E-state index in [9.17, 15) is 13.2 Å². The van der Waals surface area contributed by atoms with Crippen LogP contribution in [0.3, 0.4) is 0 Å². The highest BCUT2D eigenvalue weighted by Crippen LogP contribution is 2.22. The van der Waals surface area contributed by atoms with Gasteiger partial charge in [-0.25, -0.2) is 8.42 Å². The first-order chi connectivity index (χ1) is 16.3. The fraction of sp³-hybridized carbons (Fsp3) is 0.148. The van der Waals surface area contributed by atoms with Crippen LogP contribution in [-0.2, 0) is 10.0 Å². The van der Waals surface area contributed by atoms with Gasteiger partial charge < -0.3 is 10.1 Å². The van der Waals surface area contributed by atoms with Gasteiger partial charge in [0.2, 0.25) is 0 Å². The van der Waals surface area contributed by atoms with Gasteiger partial charge in [0.15, 0.2) is 0 Å². The molecular formula is C27H26N2O4S. The van der Waals surface area contributed by atoms with Crippen molar-refractivity contribution >= 4 is 32.4 Å². The van der Waals surface area contributed by atoms with E-state index < -0.39 is 10.0 Å². The number of hydrogen-bond acceptors (Lipinski definition) is 4. The molecule has 0 heterocycles. The van der Waals surface area contributed by atoms with Crippen LogP contribution in [0, 0.1) is 13.8 Å². The van der Waals surface area contributed by atoms with Crippen molar-refractivity contribution < 1.29 is 17.9 Å². The Morgan fingerprint density at radius 3 is 2.44 bits per heavy atom.